The third-order valence-electron chi connectivity index (χ3n) is 5.28. The van der Waals surface area contributed by atoms with Crippen LogP contribution in [0.3, 0.4) is 0 Å². The van der Waals surface area contributed by atoms with E-state index in [4.69, 9.17) is 0 Å². The maximum Gasteiger partial charge on any atom is 0.477 e. The lowest BCUT2D eigenvalue weighted by molar-refractivity contribution is -0.654. The molecule has 0 radical (unpaired) electrons. The molecule has 2 aliphatic rings. The van der Waals surface area contributed by atoms with Gasteiger partial charge in [-0.1, -0.05) is 12.8 Å². The van der Waals surface area contributed by atoms with Gasteiger partial charge in [-0.2, -0.15) is 0 Å². The standard InChI is InChI=1S/C19H36N2/c1-16(2)20(18-11-7-5-8-12-18)15-21(17(3)4)19-13-9-6-10-14-19/h16-19H,5-14H2,1-4H3/q+2. The van der Waals surface area contributed by atoms with Crippen molar-refractivity contribution in [2.24, 2.45) is 0 Å². The molecule has 0 heterocycles. The van der Waals surface area contributed by atoms with E-state index < -0.39 is 0 Å². The number of nitrogens with zero attached hydrogens (tertiary/aromatic N) is 2. The first-order chi connectivity index (χ1) is 10.1. The summed E-state index contributed by atoms with van der Waals surface area (Å²) < 4.78 is 5.13. The Kier molecular flexibility index (Phi) is 6.48. The summed E-state index contributed by atoms with van der Waals surface area (Å²) in [6, 6.07) is 6.45. The molecule has 2 aliphatic carbocycles. The average Bonchev–Trinajstić information content (AvgIpc) is 2.49. The quantitative estimate of drug-likeness (QED) is 0.525. The second-order valence-corrected chi connectivity index (χ2v) is 7.69. The molecule has 120 valence electrons. The molecule has 21 heavy (non-hydrogen) atoms. The van der Waals surface area contributed by atoms with Gasteiger partial charge in [-0.15, -0.1) is 9.15 Å². The van der Waals surface area contributed by atoms with E-state index in [2.05, 4.69) is 42.9 Å². The van der Waals surface area contributed by atoms with E-state index in [1.54, 1.807) is 0 Å². The zero-order valence-corrected chi connectivity index (χ0v) is 14.8. The van der Waals surface area contributed by atoms with Crippen LogP contribution >= 0.6 is 0 Å². The van der Waals surface area contributed by atoms with Gasteiger partial charge in [-0.25, -0.2) is 0 Å². The Morgan fingerprint density at radius 2 is 0.952 bits per heavy atom. The Bertz CT molecular complexity index is 342. The fourth-order valence-corrected chi connectivity index (χ4v) is 4.09. The van der Waals surface area contributed by atoms with Crippen molar-refractivity contribution >= 4 is 6.01 Å². The molecule has 0 bridgehead atoms. The molecule has 2 fully saturated rings. The number of hydrogen-bond donors (Lipinski definition) is 0. The lowest BCUT2D eigenvalue weighted by Gasteiger charge is -2.21. The zero-order valence-electron chi connectivity index (χ0n) is 14.8. The first-order valence-corrected chi connectivity index (χ1v) is 9.42. The Hall–Kier alpha value is -0.620. The van der Waals surface area contributed by atoms with Crippen molar-refractivity contribution in [3.8, 4) is 0 Å². The van der Waals surface area contributed by atoms with Crippen molar-refractivity contribution in [3.05, 3.63) is 0 Å². The number of rotatable bonds is 4. The Morgan fingerprint density at radius 3 is 1.24 bits per heavy atom. The van der Waals surface area contributed by atoms with Gasteiger partial charge in [0.15, 0.2) is 24.2 Å². The second-order valence-electron chi connectivity index (χ2n) is 7.69. The van der Waals surface area contributed by atoms with Crippen LogP contribution in [-0.2, 0) is 0 Å². The van der Waals surface area contributed by atoms with Crippen LogP contribution in [0.5, 0.6) is 0 Å². The van der Waals surface area contributed by atoms with Crippen LogP contribution in [0.4, 0.5) is 0 Å². The van der Waals surface area contributed by atoms with Crippen molar-refractivity contribution < 1.29 is 9.15 Å². The van der Waals surface area contributed by atoms with Crippen LogP contribution in [0.2, 0.25) is 0 Å². The minimum atomic E-state index is 0.568. The largest absolute Gasteiger partial charge is 0.477 e. The molecule has 0 unspecified atom stereocenters. The lowest BCUT2D eigenvalue weighted by Crippen LogP contribution is -2.39. The maximum atomic E-state index is 3.86. The van der Waals surface area contributed by atoms with Gasteiger partial charge in [0.25, 0.3) is 0 Å². The Balaban J connectivity index is 2.31. The van der Waals surface area contributed by atoms with Crippen LogP contribution in [0.25, 0.3) is 0 Å². The smallest absolute Gasteiger partial charge is 0.128 e. The highest BCUT2D eigenvalue weighted by molar-refractivity contribution is 5.27. The summed E-state index contributed by atoms with van der Waals surface area (Å²) in [6.45, 7) is 9.34. The fourth-order valence-electron chi connectivity index (χ4n) is 4.09. The van der Waals surface area contributed by atoms with E-state index in [1.165, 1.54) is 64.2 Å². The molecule has 0 saturated heterocycles. The van der Waals surface area contributed by atoms with Crippen molar-refractivity contribution in [1.82, 2.24) is 0 Å². The second kappa shape index (κ2) is 8.13. The van der Waals surface area contributed by atoms with E-state index >= 15 is 0 Å². The molecule has 2 rings (SSSR count). The van der Waals surface area contributed by atoms with Crippen LogP contribution < -0.4 is 0 Å². The van der Waals surface area contributed by atoms with Crippen molar-refractivity contribution in [1.29, 1.82) is 0 Å². The van der Waals surface area contributed by atoms with E-state index in [9.17, 15) is 0 Å². The third kappa shape index (κ3) is 4.68. The summed E-state index contributed by atoms with van der Waals surface area (Å²) in [5.74, 6) is 0. The van der Waals surface area contributed by atoms with Crippen molar-refractivity contribution in [3.63, 3.8) is 0 Å². The summed E-state index contributed by atoms with van der Waals surface area (Å²) in [5, 5.41) is 0. The molecule has 2 saturated carbocycles. The van der Waals surface area contributed by atoms with Crippen molar-refractivity contribution in [2.45, 2.75) is 116 Å². The molecule has 2 nitrogen and oxygen atoms in total. The van der Waals surface area contributed by atoms with Crippen LogP contribution in [0.15, 0.2) is 0 Å². The maximum absolute atomic E-state index is 3.86. The molecule has 0 aromatic carbocycles. The molecule has 0 spiro atoms. The lowest BCUT2D eigenvalue weighted by atomic mass is 9.94. The van der Waals surface area contributed by atoms with Crippen LogP contribution in [0, 0.1) is 0 Å². The molecular formula is C19H36N2+2. The average molecular weight is 293 g/mol. The molecule has 0 aromatic rings. The van der Waals surface area contributed by atoms with Gasteiger partial charge in [-0.05, 0) is 53.4 Å². The third-order valence-corrected chi connectivity index (χ3v) is 5.28. The van der Waals surface area contributed by atoms with Gasteiger partial charge in [0.1, 0.15) is 0 Å². The first-order valence-electron chi connectivity index (χ1n) is 9.42. The molecule has 0 amide bonds. The summed E-state index contributed by atoms with van der Waals surface area (Å²) in [4.78, 5) is 0. The molecule has 0 aliphatic heterocycles. The predicted octanol–water partition coefficient (Wildman–Crippen LogP) is 4.67. The van der Waals surface area contributed by atoms with Crippen molar-refractivity contribution in [2.75, 3.05) is 0 Å². The molecule has 2 heteroatoms. The molecule has 0 N–H and O–H groups in total. The summed E-state index contributed by atoms with van der Waals surface area (Å²) >= 11 is 0. The minimum Gasteiger partial charge on any atom is -0.128 e. The van der Waals surface area contributed by atoms with Gasteiger partial charge in [0, 0.05) is 25.7 Å². The molecule has 0 atom stereocenters. The van der Waals surface area contributed by atoms with Gasteiger partial charge in [0.05, 0.1) is 0 Å². The predicted molar refractivity (Wildman–Crippen MR) is 89.5 cm³/mol. The molecular weight excluding hydrogens is 256 g/mol. The van der Waals surface area contributed by atoms with E-state index in [-0.39, 0.29) is 0 Å². The van der Waals surface area contributed by atoms with Gasteiger partial charge < -0.3 is 0 Å². The highest BCUT2D eigenvalue weighted by Gasteiger charge is 2.32. The summed E-state index contributed by atoms with van der Waals surface area (Å²) in [7, 11) is 0. The van der Waals surface area contributed by atoms with Crippen LogP contribution in [0.1, 0.15) is 91.9 Å². The topological polar surface area (TPSA) is 6.02 Å². The Morgan fingerprint density at radius 1 is 0.619 bits per heavy atom. The zero-order chi connectivity index (χ0) is 15.2. The highest BCUT2D eigenvalue weighted by atomic mass is 15.2. The highest BCUT2D eigenvalue weighted by Crippen LogP contribution is 2.23. The van der Waals surface area contributed by atoms with Gasteiger partial charge >= 0.3 is 6.01 Å². The normalized spacial score (nSPS) is 21.6. The minimum absolute atomic E-state index is 0.568. The van der Waals surface area contributed by atoms with E-state index in [0.29, 0.717) is 12.1 Å². The first kappa shape index (κ1) is 16.7. The molecule has 0 aromatic heterocycles. The number of hydrogen-bond acceptors (Lipinski definition) is 0. The van der Waals surface area contributed by atoms with Gasteiger partial charge in [-0.3, -0.25) is 0 Å². The van der Waals surface area contributed by atoms with E-state index in [0.717, 1.165) is 12.1 Å². The summed E-state index contributed by atoms with van der Waals surface area (Å²) in [6.07, 6.45) is 13.9. The monoisotopic (exact) mass is 292 g/mol. The summed E-state index contributed by atoms with van der Waals surface area (Å²) in [5.41, 5.74) is 0. The fraction of sp³-hybridized carbons (Fsp3) is 0.947. The Labute approximate surface area is 132 Å². The van der Waals surface area contributed by atoms with Crippen LogP contribution in [-0.4, -0.2) is 39.3 Å². The van der Waals surface area contributed by atoms with Gasteiger partial charge in [0.2, 0.25) is 0 Å². The SMILES string of the molecule is CC(C)[N+](=C=[N+](C(C)C)C1CCCCC1)C1CCCCC1. The van der Waals surface area contributed by atoms with E-state index in [1.807, 2.05) is 0 Å².